The van der Waals surface area contributed by atoms with Gasteiger partial charge in [0.2, 0.25) is 0 Å². The lowest BCUT2D eigenvalue weighted by molar-refractivity contribution is 0.271. The van der Waals surface area contributed by atoms with Crippen molar-refractivity contribution in [1.82, 2.24) is 0 Å². The van der Waals surface area contributed by atoms with Gasteiger partial charge in [0.1, 0.15) is 0 Å². The normalized spacial score (nSPS) is 15.1. The number of allylic oxidation sites excluding steroid dienone is 2. The summed E-state index contributed by atoms with van der Waals surface area (Å²) in [5.74, 6) is 0. The smallest absolute Gasteiger partial charge is 0.0902 e. The third kappa shape index (κ3) is 5.57. The summed E-state index contributed by atoms with van der Waals surface area (Å²) in [6.45, 7) is 4.02. The summed E-state index contributed by atoms with van der Waals surface area (Å²) in [6, 6.07) is 0. The second-order valence-corrected chi connectivity index (χ2v) is 2.23. The molecule has 0 aliphatic rings. The van der Waals surface area contributed by atoms with Gasteiger partial charge in [-0.1, -0.05) is 37.6 Å². The van der Waals surface area contributed by atoms with Gasteiger partial charge in [0, 0.05) is 0 Å². The largest absolute Gasteiger partial charge is 0.385 e. The Bertz CT molecular complexity index is 114. The van der Waals surface area contributed by atoms with Crippen LogP contribution >= 0.6 is 0 Å². The van der Waals surface area contributed by atoms with E-state index < -0.39 is 6.10 Å². The van der Waals surface area contributed by atoms with Crippen molar-refractivity contribution in [2.45, 2.75) is 32.8 Å². The lowest BCUT2D eigenvalue weighted by Gasteiger charge is -1.94. The summed E-state index contributed by atoms with van der Waals surface area (Å²) < 4.78 is 0. The number of rotatable bonds is 4. The zero-order valence-corrected chi connectivity index (χ0v) is 6.75. The Hall–Kier alpha value is -0.560. The van der Waals surface area contributed by atoms with E-state index in [2.05, 4.69) is 6.92 Å². The van der Waals surface area contributed by atoms with Gasteiger partial charge >= 0.3 is 0 Å². The molecule has 0 aromatic rings. The first-order valence-corrected chi connectivity index (χ1v) is 3.78. The molecule has 1 N–H and O–H groups in total. The van der Waals surface area contributed by atoms with Crippen LogP contribution < -0.4 is 0 Å². The molecule has 0 amide bonds. The fraction of sp³-hybridized carbons (Fsp3) is 0.556. The van der Waals surface area contributed by atoms with Crippen molar-refractivity contribution in [2.75, 3.05) is 0 Å². The summed E-state index contributed by atoms with van der Waals surface area (Å²) in [7, 11) is 0. The average molecular weight is 140 g/mol. The van der Waals surface area contributed by atoms with Crippen LogP contribution in [0.1, 0.15) is 26.7 Å². The van der Waals surface area contributed by atoms with E-state index in [1.54, 1.807) is 6.08 Å². The van der Waals surface area contributed by atoms with E-state index in [0.29, 0.717) is 0 Å². The van der Waals surface area contributed by atoms with E-state index in [1.807, 2.05) is 25.2 Å². The molecule has 1 atom stereocenters. The standard InChI is InChI=1S/C9H16O/c1-3-5-6-8-9(10)7-4-2/h4,6-10H,3,5H2,1-2H3. The van der Waals surface area contributed by atoms with Crippen molar-refractivity contribution in [3.05, 3.63) is 24.3 Å². The monoisotopic (exact) mass is 140 g/mol. The van der Waals surface area contributed by atoms with E-state index in [0.717, 1.165) is 12.8 Å². The molecule has 0 rings (SSSR count). The van der Waals surface area contributed by atoms with Gasteiger partial charge in [-0.15, -0.1) is 0 Å². The molecule has 0 heterocycles. The summed E-state index contributed by atoms with van der Waals surface area (Å²) in [4.78, 5) is 0. The summed E-state index contributed by atoms with van der Waals surface area (Å²) in [6.07, 6.45) is 9.21. The summed E-state index contributed by atoms with van der Waals surface area (Å²) in [5.41, 5.74) is 0. The Morgan fingerprint density at radius 1 is 1.40 bits per heavy atom. The number of hydrogen-bond donors (Lipinski definition) is 1. The van der Waals surface area contributed by atoms with Crippen LogP contribution in [0.5, 0.6) is 0 Å². The summed E-state index contributed by atoms with van der Waals surface area (Å²) >= 11 is 0. The highest BCUT2D eigenvalue weighted by Gasteiger charge is 1.86. The maximum atomic E-state index is 9.10. The Labute approximate surface area is 63.1 Å². The minimum absolute atomic E-state index is 0.392. The minimum atomic E-state index is -0.392. The first-order valence-electron chi connectivity index (χ1n) is 3.78. The van der Waals surface area contributed by atoms with Crippen LogP contribution in [0.25, 0.3) is 0 Å². The van der Waals surface area contributed by atoms with Crippen LogP contribution in [0.2, 0.25) is 0 Å². The lowest BCUT2D eigenvalue weighted by atomic mass is 10.2. The van der Waals surface area contributed by atoms with Crippen LogP contribution in [0, 0.1) is 0 Å². The molecule has 1 unspecified atom stereocenters. The first-order chi connectivity index (χ1) is 4.81. The Morgan fingerprint density at radius 3 is 2.60 bits per heavy atom. The van der Waals surface area contributed by atoms with Crippen molar-refractivity contribution in [1.29, 1.82) is 0 Å². The molecule has 1 nitrogen and oxygen atoms in total. The van der Waals surface area contributed by atoms with E-state index in [9.17, 15) is 0 Å². The topological polar surface area (TPSA) is 20.2 Å². The number of aliphatic hydroxyl groups excluding tert-OH is 1. The molecule has 0 aliphatic carbocycles. The van der Waals surface area contributed by atoms with Crippen LogP contribution in [-0.4, -0.2) is 11.2 Å². The van der Waals surface area contributed by atoms with Gasteiger partial charge in [-0.25, -0.2) is 0 Å². The predicted octanol–water partition coefficient (Wildman–Crippen LogP) is 2.28. The Kier molecular flexibility index (Phi) is 6.19. The molecular formula is C9H16O. The van der Waals surface area contributed by atoms with Crippen molar-refractivity contribution in [2.24, 2.45) is 0 Å². The maximum absolute atomic E-state index is 9.10. The van der Waals surface area contributed by atoms with E-state index in [1.165, 1.54) is 0 Å². The second kappa shape index (κ2) is 6.56. The lowest BCUT2D eigenvalue weighted by Crippen LogP contribution is -1.94. The molecule has 0 aliphatic heterocycles. The van der Waals surface area contributed by atoms with Gasteiger partial charge < -0.3 is 5.11 Å². The van der Waals surface area contributed by atoms with Crippen LogP contribution in [0.4, 0.5) is 0 Å². The molecule has 0 spiro atoms. The van der Waals surface area contributed by atoms with Crippen molar-refractivity contribution in [3.8, 4) is 0 Å². The van der Waals surface area contributed by atoms with Crippen LogP contribution in [0.15, 0.2) is 24.3 Å². The maximum Gasteiger partial charge on any atom is 0.0902 e. The fourth-order valence-electron chi connectivity index (χ4n) is 0.664. The molecule has 0 aromatic heterocycles. The minimum Gasteiger partial charge on any atom is -0.385 e. The highest BCUT2D eigenvalue weighted by atomic mass is 16.3. The third-order valence-electron chi connectivity index (χ3n) is 1.18. The molecule has 1 heteroatoms. The molecule has 0 bridgehead atoms. The predicted molar refractivity (Wildman–Crippen MR) is 44.9 cm³/mol. The Balaban J connectivity index is 3.45. The quantitative estimate of drug-likeness (QED) is 0.594. The van der Waals surface area contributed by atoms with Crippen molar-refractivity contribution < 1.29 is 5.11 Å². The van der Waals surface area contributed by atoms with Crippen molar-refractivity contribution in [3.63, 3.8) is 0 Å². The van der Waals surface area contributed by atoms with Gasteiger partial charge in [0.25, 0.3) is 0 Å². The number of aliphatic hydroxyl groups is 1. The molecule has 0 aromatic carbocycles. The van der Waals surface area contributed by atoms with E-state index in [-0.39, 0.29) is 0 Å². The summed E-state index contributed by atoms with van der Waals surface area (Å²) in [5, 5.41) is 9.10. The van der Waals surface area contributed by atoms with Crippen LogP contribution in [-0.2, 0) is 0 Å². The van der Waals surface area contributed by atoms with E-state index >= 15 is 0 Å². The number of hydrogen-bond acceptors (Lipinski definition) is 1. The van der Waals surface area contributed by atoms with Gasteiger partial charge in [0.15, 0.2) is 0 Å². The zero-order chi connectivity index (χ0) is 7.82. The zero-order valence-electron chi connectivity index (χ0n) is 6.75. The van der Waals surface area contributed by atoms with E-state index in [4.69, 9.17) is 5.11 Å². The SMILES string of the molecule is CC=CC(O)C=CCCC. The molecule has 0 radical (unpaired) electrons. The third-order valence-corrected chi connectivity index (χ3v) is 1.18. The van der Waals surface area contributed by atoms with Crippen molar-refractivity contribution >= 4 is 0 Å². The number of unbranched alkanes of at least 4 members (excludes halogenated alkanes) is 1. The molecular weight excluding hydrogens is 124 g/mol. The molecule has 10 heavy (non-hydrogen) atoms. The van der Waals surface area contributed by atoms with Gasteiger partial charge in [-0.3, -0.25) is 0 Å². The first kappa shape index (κ1) is 9.44. The Morgan fingerprint density at radius 2 is 2.10 bits per heavy atom. The average Bonchev–Trinajstić information content (AvgIpc) is 1.89. The van der Waals surface area contributed by atoms with Gasteiger partial charge in [-0.05, 0) is 13.3 Å². The molecule has 0 saturated heterocycles. The molecule has 0 saturated carbocycles. The second-order valence-electron chi connectivity index (χ2n) is 2.23. The van der Waals surface area contributed by atoms with Gasteiger partial charge in [0.05, 0.1) is 6.10 Å². The highest BCUT2D eigenvalue weighted by molar-refractivity contribution is 5.00. The molecule has 58 valence electrons. The van der Waals surface area contributed by atoms with Gasteiger partial charge in [-0.2, -0.15) is 0 Å². The van der Waals surface area contributed by atoms with Crippen LogP contribution in [0.3, 0.4) is 0 Å². The fourth-order valence-corrected chi connectivity index (χ4v) is 0.664. The highest BCUT2D eigenvalue weighted by Crippen LogP contribution is 1.93. The molecule has 0 fully saturated rings.